The van der Waals surface area contributed by atoms with Gasteiger partial charge in [0.05, 0.1) is 0 Å². The molecule has 0 aliphatic heterocycles. The van der Waals surface area contributed by atoms with Gasteiger partial charge in [-0.05, 0) is 30.7 Å². The van der Waals surface area contributed by atoms with Gasteiger partial charge in [-0.1, -0.05) is 40.2 Å². The number of halogens is 1. The van der Waals surface area contributed by atoms with E-state index in [1.807, 2.05) is 37.3 Å². The number of para-hydroxylation sites is 1. The normalized spacial score (nSPS) is 10.3. The first-order valence-electron chi connectivity index (χ1n) is 6.27. The first kappa shape index (κ1) is 14.6. The molecule has 2 aromatic carbocycles. The molecule has 0 aliphatic rings. The quantitative estimate of drug-likeness (QED) is 0.929. The number of phenols is 1. The fourth-order valence-corrected chi connectivity index (χ4v) is 2.36. The highest BCUT2D eigenvalue weighted by atomic mass is 79.9. The molecule has 1 N–H and O–H groups in total. The average molecular weight is 334 g/mol. The van der Waals surface area contributed by atoms with Gasteiger partial charge in [0.25, 0.3) is 5.91 Å². The van der Waals surface area contributed by atoms with Crippen LogP contribution in [0.5, 0.6) is 5.75 Å². The van der Waals surface area contributed by atoms with Gasteiger partial charge in [0.2, 0.25) is 0 Å². The van der Waals surface area contributed by atoms with Gasteiger partial charge in [-0.3, -0.25) is 4.79 Å². The summed E-state index contributed by atoms with van der Waals surface area (Å²) in [5.41, 5.74) is 2.33. The molecule has 0 radical (unpaired) electrons. The summed E-state index contributed by atoms with van der Waals surface area (Å²) in [6.45, 7) is 2.28. The zero-order valence-corrected chi connectivity index (χ0v) is 13.0. The van der Waals surface area contributed by atoms with Crippen LogP contribution in [0.4, 0.5) is 0 Å². The topological polar surface area (TPSA) is 40.5 Å². The van der Waals surface area contributed by atoms with Crippen molar-refractivity contribution in [2.75, 3.05) is 7.05 Å². The van der Waals surface area contributed by atoms with Gasteiger partial charge in [-0.25, -0.2) is 0 Å². The Labute approximate surface area is 127 Å². The van der Waals surface area contributed by atoms with Crippen LogP contribution in [0.2, 0.25) is 0 Å². The molecule has 0 heterocycles. The number of hydrogen-bond acceptors (Lipinski definition) is 2. The van der Waals surface area contributed by atoms with Crippen molar-refractivity contribution in [3.63, 3.8) is 0 Å². The Morgan fingerprint density at radius 3 is 2.65 bits per heavy atom. The summed E-state index contributed by atoms with van der Waals surface area (Å²) in [5.74, 6) is 0.144. The summed E-state index contributed by atoms with van der Waals surface area (Å²) in [7, 11) is 1.73. The maximum absolute atomic E-state index is 12.5. The minimum absolute atomic E-state index is 0.0629. The lowest BCUT2D eigenvalue weighted by molar-refractivity contribution is 0.0783. The van der Waals surface area contributed by atoms with Gasteiger partial charge in [0, 0.05) is 29.2 Å². The summed E-state index contributed by atoms with van der Waals surface area (Å²) in [6.07, 6.45) is 0. The Bertz CT molecular complexity index is 640. The van der Waals surface area contributed by atoms with Crippen LogP contribution in [0, 0.1) is 6.92 Å². The van der Waals surface area contributed by atoms with Gasteiger partial charge in [0.1, 0.15) is 5.75 Å². The van der Waals surface area contributed by atoms with E-state index >= 15 is 0 Å². The maximum atomic E-state index is 12.5. The molecule has 0 atom stereocenters. The third-order valence-corrected chi connectivity index (χ3v) is 3.67. The van der Waals surface area contributed by atoms with E-state index in [1.165, 1.54) is 0 Å². The van der Waals surface area contributed by atoms with Gasteiger partial charge in [-0.15, -0.1) is 0 Å². The van der Waals surface area contributed by atoms with Gasteiger partial charge < -0.3 is 10.0 Å². The van der Waals surface area contributed by atoms with Crippen molar-refractivity contribution < 1.29 is 9.90 Å². The number of amides is 1. The fourth-order valence-electron chi connectivity index (χ4n) is 2.00. The van der Waals surface area contributed by atoms with Crippen LogP contribution in [0.15, 0.2) is 46.9 Å². The number of nitrogens with zero attached hydrogens (tertiary/aromatic N) is 1. The van der Waals surface area contributed by atoms with Crippen molar-refractivity contribution in [1.82, 2.24) is 4.90 Å². The second kappa shape index (κ2) is 6.09. The SMILES string of the molecule is Cc1ccc(Br)cc1C(=O)N(C)Cc1ccccc1O. The van der Waals surface area contributed by atoms with Crippen LogP contribution in [0.1, 0.15) is 21.5 Å². The number of benzene rings is 2. The number of rotatable bonds is 3. The van der Waals surface area contributed by atoms with Gasteiger partial charge in [0.15, 0.2) is 0 Å². The Morgan fingerprint density at radius 2 is 1.95 bits per heavy atom. The number of hydrogen-bond donors (Lipinski definition) is 1. The van der Waals surface area contributed by atoms with Crippen molar-refractivity contribution in [3.8, 4) is 5.75 Å². The lowest BCUT2D eigenvalue weighted by atomic mass is 10.1. The number of carbonyl (C=O) groups is 1. The van der Waals surface area contributed by atoms with E-state index in [4.69, 9.17) is 0 Å². The van der Waals surface area contributed by atoms with Crippen molar-refractivity contribution in [1.29, 1.82) is 0 Å². The fraction of sp³-hybridized carbons (Fsp3) is 0.188. The Hall–Kier alpha value is -1.81. The second-order valence-corrected chi connectivity index (χ2v) is 5.66. The second-order valence-electron chi connectivity index (χ2n) is 4.75. The molecule has 2 rings (SSSR count). The Morgan fingerprint density at radius 1 is 1.25 bits per heavy atom. The van der Waals surface area contributed by atoms with E-state index < -0.39 is 0 Å². The molecular formula is C16H16BrNO2. The molecular weight excluding hydrogens is 318 g/mol. The van der Waals surface area contributed by atoms with Crippen molar-refractivity contribution >= 4 is 21.8 Å². The van der Waals surface area contributed by atoms with Crippen molar-refractivity contribution in [2.45, 2.75) is 13.5 Å². The highest BCUT2D eigenvalue weighted by Crippen LogP contribution is 2.21. The summed E-state index contributed by atoms with van der Waals surface area (Å²) in [5, 5.41) is 9.76. The summed E-state index contributed by atoms with van der Waals surface area (Å²) in [6, 6.07) is 12.7. The molecule has 0 saturated carbocycles. The monoisotopic (exact) mass is 333 g/mol. The van der Waals surface area contributed by atoms with Crippen LogP contribution < -0.4 is 0 Å². The molecule has 0 aromatic heterocycles. The molecule has 1 amide bonds. The van der Waals surface area contributed by atoms with E-state index in [1.54, 1.807) is 24.1 Å². The lowest BCUT2D eigenvalue weighted by Crippen LogP contribution is -2.26. The van der Waals surface area contributed by atoms with Crippen LogP contribution in [0.3, 0.4) is 0 Å². The Kier molecular flexibility index (Phi) is 4.45. The number of aryl methyl sites for hydroxylation is 1. The maximum Gasteiger partial charge on any atom is 0.254 e. The number of carbonyl (C=O) groups excluding carboxylic acids is 1. The van der Waals surface area contributed by atoms with Gasteiger partial charge in [-0.2, -0.15) is 0 Å². The zero-order chi connectivity index (χ0) is 14.7. The standard InChI is InChI=1S/C16H16BrNO2/c1-11-7-8-13(17)9-14(11)16(20)18(2)10-12-5-3-4-6-15(12)19/h3-9,19H,10H2,1-2H3. The third-order valence-electron chi connectivity index (χ3n) is 3.18. The molecule has 0 fully saturated rings. The number of phenolic OH excluding ortho intramolecular Hbond substituents is 1. The molecule has 20 heavy (non-hydrogen) atoms. The van der Waals surface area contributed by atoms with Crippen molar-refractivity contribution in [2.24, 2.45) is 0 Å². The van der Waals surface area contributed by atoms with E-state index in [2.05, 4.69) is 15.9 Å². The molecule has 4 heteroatoms. The highest BCUT2D eigenvalue weighted by molar-refractivity contribution is 9.10. The molecule has 2 aromatic rings. The molecule has 0 bridgehead atoms. The largest absolute Gasteiger partial charge is 0.508 e. The zero-order valence-electron chi connectivity index (χ0n) is 11.4. The molecule has 0 saturated heterocycles. The van der Waals surface area contributed by atoms with Crippen LogP contribution in [-0.4, -0.2) is 23.0 Å². The van der Waals surface area contributed by atoms with Crippen molar-refractivity contribution in [3.05, 3.63) is 63.6 Å². The predicted molar refractivity (Wildman–Crippen MR) is 82.8 cm³/mol. The van der Waals surface area contributed by atoms with E-state index in [-0.39, 0.29) is 11.7 Å². The van der Waals surface area contributed by atoms with E-state index in [0.29, 0.717) is 12.1 Å². The first-order chi connectivity index (χ1) is 9.49. The minimum atomic E-state index is -0.0629. The molecule has 0 unspecified atom stereocenters. The first-order valence-corrected chi connectivity index (χ1v) is 7.07. The third kappa shape index (κ3) is 3.20. The molecule has 104 valence electrons. The summed E-state index contributed by atoms with van der Waals surface area (Å²) < 4.78 is 0.877. The molecule has 0 aliphatic carbocycles. The summed E-state index contributed by atoms with van der Waals surface area (Å²) in [4.78, 5) is 14.1. The Balaban J connectivity index is 2.21. The molecule has 3 nitrogen and oxygen atoms in total. The predicted octanol–water partition coefficient (Wildman–Crippen LogP) is 3.74. The van der Waals surface area contributed by atoms with Crippen LogP contribution in [-0.2, 0) is 6.54 Å². The average Bonchev–Trinajstić information content (AvgIpc) is 2.43. The lowest BCUT2D eigenvalue weighted by Gasteiger charge is -2.19. The molecule has 0 spiro atoms. The highest BCUT2D eigenvalue weighted by Gasteiger charge is 2.15. The van der Waals surface area contributed by atoms with E-state index in [9.17, 15) is 9.90 Å². The smallest absolute Gasteiger partial charge is 0.254 e. The number of aromatic hydroxyl groups is 1. The minimum Gasteiger partial charge on any atom is -0.508 e. The van der Waals surface area contributed by atoms with Crippen LogP contribution >= 0.6 is 15.9 Å². The van der Waals surface area contributed by atoms with Gasteiger partial charge >= 0.3 is 0 Å². The summed E-state index contributed by atoms with van der Waals surface area (Å²) >= 11 is 3.38. The van der Waals surface area contributed by atoms with E-state index in [0.717, 1.165) is 15.6 Å². The van der Waals surface area contributed by atoms with Crippen LogP contribution in [0.25, 0.3) is 0 Å².